The molecule has 0 amide bonds. The Labute approximate surface area is 151 Å². The van der Waals surface area contributed by atoms with Gasteiger partial charge in [-0.3, -0.25) is 5.43 Å². The molecular weight excluding hydrogens is 322 g/mol. The molecule has 2 N–H and O–H groups in total. The predicted molar refractivity (Wildman–Crippen MR) is 106 cm³/mol. The molecule has 1 aromatic heterocycles. The van der Waals surface area contributed by atoms with Gasteiger partial charge in [0, 0.05) is 22.7 Å². The third kappa shape index (κ3) is 3.52. The maximum atomic E-state index is 4.49. The number of azo groups is 1. The van der Waals surface area contributed by atoms with E-state index in [0.29, 0.717) is 5.84 Å². The number of anilines is 1. The molecule has 0 saturated carbocycles. The summed E-state index contributed by atoms with van der Waals surface area (Å²) in [7, 11) is 0. The molecule has 5 nitrogen and oxygen atoms in total. The molecule has 26 heavy (non-hydrogen) atoms. The van der Waals surface area contributed by atoms with Crippen LogP contribution in [0.5, 0.6) is 0 Å². The number of nitrogens with zero attached hydrogens (tertiary/aromatic N) is 3. The number of hydrazone groups is 1. The summed E-state index contributed by atoms with van der Waals surface area (Å²) in [5.41, 5.74) is 6.65. The summed E-state index contributed by atoms with van der Waals surface area (Å²) >= 11 is 0. The molecule has 0 aliphatic heterocycles. The number of amidine groups is 1. The van der Waals surface area contributed by atoms with Gasteiger partial charge >= 0.3 is 0 Å². The minimum atomic E-state index is 0.509. The molecule has 3 aromatic carbocycles. The number of para-hydroxylation sites is 2. The molecule has 0 aliphatic rings. The molecular formula is C21H17N5. The zero-order valence-electron chi connectivity index (χ0n) is 14.0. The van der Waals surface area contributed by atoms with Crippen LogP contribution in [0.3, 0.4) is 0 Å². The molecule has 4 rings (SSSR count). The van der Waals surface area contributed by atoms with Gasteiger partial charge in [-0.2, -0.15) is 5.10 Å². The molecule has 0 fully saturated rings. The highest BCUT2D eigenvalue weighted by atomic mass is 15.3. The highest BCUT2D eigenvalue weighted by molar-refractivity contribution is 6.10. The van der Waals surface area contributed by atoms with E-state index in [-0.39, 0.29) is 0 Å². The Kier molecular flexibility index (Phi) is 4.52. The Hall–Kier alpha value is -3.73. The van der Waals surface area contributed by atoms with Crippen LogP contribution in [0.1, 0.15) is 5.56 Å². The quantitative estimate of drug-likeness (QED) is 0.212. The highest BCUT2D eigenvalue weighted by Crippen LogP contribution is 2.21. The molecule has 0 unspecified atom stereocenters. The standard InChI is InChI=1S/C21H17N5/c1-3-9-16(10-4-1)23-25-21(26-24-17-11-5-2-6-12-17)19-15-22-20-14-8-7-13-18(19)20/h1-15,22-23H/b25-21-,26-24?. The number of benzene rings is 3. The van der Waals surface area contributed by atoms with Gasteiger partial charge in [0.1, 0.15) is 0 Å². The fraction of sp³-hybridized carbons (Fsp3) is 0. The van der Waals surface area contributed by atoms with Gasteiger partial charge in [0.25, 0.3) is 0 Å². The summed E-state index contributed by atoms with van der Waals surface area (Å²) in [4.78, 5) is 3.25. The van der Waals surface area contributed by atoms with Crippen molar-refractivity contribution in [2.45, 2.75) is 0 Å². The fourth-order valence-electron chi connectivity index (χ4n) is 2.62. The topological polar surface area (TPSA) is 64.9 Å². The molecule has 0 aliphatic carbocycles. The SMILES string of the molecule is c1ccc(N=N/C(=N\Nc2ccccc2)c2c[nH]c3ccccc23)cc1. The smallest absolute Gasteiger partial charge is 0.203 e. The Morgan fingerprint density at radius 1 is 0.769 bits per heavy atom. The first-order chi connectivity index (χ1) is 12.9. The van der Waals surface area contributed by atoms with Gasteiger partial charge in [-0.05, 0) is 30.3 Å². The van der Waals surface area contributed by atoms with Crippen molar-refractivity contribution in [3.8, 4) is 0 Å². The normalized spacial score (nSPS) is 11.9. The summed E-state index contributed by atoms with van der Waals surface area (Å²) < 4.78 is 0. The molecule has 4 aromatic rings. The van der Waals surface area contributed by atoms with Crippen molar-refractivity contribution < 1.29 is 0 Å². The van der Waals surface area contributed by atoms with Crippen molar-refractivity contribution >= 4 is 28.1 Å². The molecule has 0 bridgehead atoms. The molecule has 1 heterocycles. The van der Waals surface area contributed by atoms with Crippen molar-refractivity contribution in [2.24, 2.45) is 15.3 Å². The van der Waals surface area contributed by atoms with Crippen LogP contribution in [0.15, 0.2) is 106 Å². The van der Waals surface area contributed by atoms with E-state index in [1.165, 1.54) is 0 Å². The summed E-state index contributed by atoms with van der Waals surface area (Å²) in [5.74, 6) is 0.509. The molecule has 0 saturated heterocycles. The van der Waals surface area contributed by atoms with Crippen molar-refractivity contribution in [2.75, 3.05) is 5.43 Å². The molecule has 126 valence electrons. The average molecular weight is 339 g/mol. The van der Waals surface area contributed by atoms with Crippen LogP contribution in [0.25, 0.3) is 10.9 Å². The highest BCUT2D eigenvalue weighted by Gasteiger charge is 2.10. The van der Waals surface area contributed by atoms with Crippen molar-refractivity contribution in [3.63, 3.8) is 0 Å². The minimum Gasteiger partial charge on any atom is -0.360 e. The van der Waals surface area contributed by atoms with Gasteiger partial charge < -0.3 is 4.98 Å². The van der Waals surface area contributed by atoms with E-state index in [9.17, 15) is 0 Å². The predicted octanol–water partition coefficient (Wildman–Crippen LogP) is 5.73. The largest absolute Gasteiger partial charge is 0.360 e. The van der Waals surface area contributed by atoms with Gasteiger partial charge in [-0.1, -0.05) is 54.6 Å². The summed E-state index contributed by atoms with van der Waals surface area (Å²) in [6.45, 7) is 0. The lowest BCUT2D eigenvalue weighted by molar-refractivity contribution is 1.22. The van der Waals surface area contributed by atoms with Crippen LogP contribution < -0.4 is 5.43 Å². The summed E-state index contributed by atoms with van der Waals surface area (Å²) in [5, 5.41) is 14.3. The Balaban J connectivity index is 1.72. The van der Waals surface area contributed by atoms with E-state index >= 15 is 0 Å². The van der Waals surface area contributed by atoms with Crippen LogP contribution in [-0.4, -0.2) is 10.8 Å². The third-order valence-electron chi connectivity index (χ3n) is 3.91. The maximum Gasteiger partial charge on any atom is 0.203 e. The third-order valence-corrected chi connectivity index (χ3v) is 3.91. The van der Waals surface area contributed by atoms with Crippen molar-refractivity contribution in [3.05, 3.63) is 96.7 Å². The van der Waals surface area contributed by atoms with E-state index in [1.54, 1.807) is 0 Å². The number of aromatic amines is 1. The zero-order valence-corrected chi connectivity index (χ0v) is 14.0. The van der Waals surface area contributed by atoms with Gasteiger partial charge in [0.05, 0.1) is 11.4 Å². The van der Waals surface area contributed by atoms with E-state index < -0.39 is 0 Å². The van der Waals surface area contributed by atoms with E-state index in [1.807, 2.05) is 91.1 Å². The monoisotopic (exact) mass is 339 g/mol. The van der Waals surface area contributed by atoms with Crippen LogP contribution >= 0.6 is 0 Å². The minimum absolute atomic E-state index is 0.509. The maximum absolute atomic E-state index is 4.49. The lowest BCUT2D eigenvalue weighted by Gasteiger charge is -2.02. The summed E-state index contributed by atoms with van der Waals surface area (Å²) in [6, 6.07) is 27.4. The first kappa shape index (κ1) is 15.8. The Morgan fingerprint density at radius 3 is 2.27 bits per heavy atom. The molecule has 0 atom stereocenters. The van der Waals surface area contributed by atoms with E-state index in [2.05, 4.69) is 25.7 Å². The van der Waals surface area contributed by atoms with Gasteiger partial charge in [0.15, 0.2) is 0 Å². The number of hydrogen-bond donors (Lipinski definition) is 2. The lowest BCUT2D eigenvalue weighted by atomic mass is 10.1. The number of aromatic nitrogens is 1. The van der Waals surface area contributed by atoms with Gasteiger partial charge in [0.2, 0.25) is 5.84 Å². The van der Waals surface area contributed by atoms with Crippen LogP contribution in [0.2, 0.25) is 0 Å². The Morgan fingerprint density at radius 2 is 1.46 bits per heavy atom. The summed E-state index contributed by atoms with van der Waals surface area (Å²) in [6.07, 6.45) is 1.90. The molecule has 0 spiro atoms. The number of nitrogens with one attached hydrogen (secondary N) is 2. The lowest BCUT2D eigenvalue weighted by Crippen LogP contribution is -2.00. The molecule has 0 radical (unpaired) electrons. The second-order valence-corrected chi connectivity index (χ2v) is 5.70. The number of H-pyrrole nitrogens is 1. The number of rotatable bonds is 4. The number of hydrogen-bond acceptors (Lipinski definition) is 3. The van der Waals surface area contributed by atoms with Crippen LogP contribution in [0.4, 0.5) is 11.4 Å². The Bertz CT molecular complexity index is 1050. The van der Waals surface area contributed by atoms with E-state index in [0.717, 1.165) is 27.8 Å². The second-order valence-electron chi connectivity index (χ2n) is 5.70. The zero-order chi connectivity index (χ0) is 17.6. The van der Waals surface area contributed by atoms with Crippen molar-refractivity contribution in [1.29, 1.82) is 0 Å². The van der Waals surface area contributed by atoms with E-state index in [4.69, 9.17) is 0 Å². The average Bonchev–Trinajstić information content (AvgIpc) is 3.14. The van der Waals surface area contributed by atoms with Crippen molar-refractivity contribution in [1.82, 2.24) is 4.98 Å². The first-order valence-electron chi connectivity index (χ1n) is 8.32. The van der Waals surface area contributed by atoms with Crippen LogP contribution in [-0.2, 0) is 0 Å². The first-order valence-corrected chi connectivity index (χ1v) is 8.32. The number of fused-ring (bicyclic) bond motifs is 1. The van der Waals surface area contributed by atoms with Gasteiger partial charge in [-0.15, -0.1) is 10.2 Å². The fourth-order valence-corrected chi connectivity index (χ4v) is 2.62. The second kappa shape index (κ2) is 7.44. The molecule has 5 heteroatoms. The van der Waals surface area contributed by atoms with Gasteiger partial charge in [-0.25, -0.2) is 0 Å². The van der Waals surface area contributed by atoms with Crippen LogP contribution in [0, 0.1) is 0 Å².